The molecule has 1 heterocycles. The fraction of sp³-hybridized carbons (Fsp3) is 0.500. The van der Waals surface area contributed by atoms with Gasteiger partial charge in [-0.25, -0.2) is 9.78 Å². The molecule has 0 saturated carbocycles. The minimum Gasteiger partial charge on any atom is -0.458 e. The third-order valence-corrected chi connectivity index (χ3v) is 2.63. The Bertz CT molecular complexity index is 407. The second-order valence-electron chi connectivity index (χ2n) is 4.31. The van der Waals surface area contributed by atoms with Gasteiger partial charge in [0, 0.05) is 0 Å². The van der Waals surface area contributed by atoms with Crippen LogP contribution in [0.4, 0.5) is 0 Å². The lowest BCUT2D eigenvalue weighted by Crippen LogP contribution is -2.18. The van der Waals surface area contributed by atoms with E-state index in [-0.39, 0.29) is 22.0 Å². The van der Waals surface area contributed by atoms with E-state index in [1.807, 2.05) is 6.92 Å². The Labute approximate surface area is 111 Å². The van der Waals surface area contributed by atoms with E-state index in [1.54, 1.807) is 0 Å². The van der Waals surface area contributed by atoms with Crippen molar-refractivity contribution < 1.29 is 9.53 Å². The van der Waals surface area contributed by atoms with Crippen LogP contribution in [-0.2, 0) is 4.74 Å². The van der Waals surface area contributed by atoms with Gasteiger partial charge in [-0.1, -0.05) is 37.0 Å². The average Bonchev–Trinajstić information content (AvgIpc) is 2.20. The minimum absolute atomic E-state index is 0.0646. The summed E-state index contributed by atoms with van der Waals surface area (Å²) in [6.07, 6.45) is 0.628. The number of aromatic nitrogens is 1. The molecule has 0 aromatic carbocycles. The molecule has 17 heavy (non-hydrogen) atoms. The van der Waals surface area contributed by atoms with Crippen molar-refractivity contribution in [1.82, 2.24) is 4.98 Å². The highest BCUT2D eigenvalue weighted by molar-refractivity contribution is 6.34. The third kappa shape index (κ3) is 4.52. The van der Waals surface area contributed by atoms with E-state index in [0.29, 0.717) is 5.92 Å². The van der Waals surface area contributed by atoms with Crippen LogP contribution in [0.2, 0.25) is 10.2 Å². The Morgan fingerprint density at radius 3 is 2.59 bits per heavy atom. The van der Waals surface area contributed by atoms with E-state index < -0.39 is 5.97 Å². The summed E-state index contributed by atoms with van der Waals surface area (Å²) in [5.41, 5.74) is 0.0646. The average molecular weight is 276 g/mol. The van der Waals surface area contributed by atoms with Gasteiger partial charge in [0.25, 0.3) is 0 Å². The molecule has 0 amide bonds. The van der Waals surface area contributed by atoms with Crippen molar-refractivity contribution in [3.05, 3.63) is 28.0 Å². The number of carbonyl (C=O) groups excluding carboxylic acids is 1. The van der Waals surface area contributed by atoms with Gasteiger partial charge in [0.2, 0.25) is 0 Å². The van der Waals surface area contributed by atoms with Crippen LogP contribution in [0, 0.1) is 5.92 Å². The zero-order valence-electron chi connectivity index (χ0n) is 10.0. The van der Waals surface area contributed by atoms with E-state index in [4.69, 9.17) is 27.9 Å². The molecule has 1 atom stereocenters. The quantitative estimate of drug-likeness (QED) is 0.616. The van der Waals surface area contributed by atoms with Crippen molar-refractivity contribution >= 4 is 29.2 Å². The lowest BCUT2D eigenvalue weighted by atomic mass is 10.1. The molecule has 1 rings (SSSR count). The summed E-state index contributed by atoms with van der Waals surface area (Å²) in [7, 11) is 0. The summed E-state index contributed by atoms with van der Waals surface area (Å²) >= 11 is 11.6. The Kier molecular flexibility index (Phi) is 5.22. The molecular formula is C12H15Cl2NO2. The monoisotopic (exact) mass is 275 g/mol. The molecule has 1 unspecified atom stereocenters. The van der Waals surface area contributed by atoms with Crippen molar-refractivity contribution in [2.24, 2.45) is 5.92 Å². The van der Waals surface area contributed by atoms with Gasteiger partial charge in [-0.15, -0.1) is 0 Å². The van der Waals surface area contributed by atoms with Gasteiger partial charge >= 0.3 is 5.97 Å². The lowest BCUT2D eigenvalue weighted by molar-refractivity contribution is 0.0293. The van der Waals surface area contributed by atoms with Crippen LogP contribution in [0.25, 0.3) is 0 Å². The molecule has 94 valence electrons. The van der Waals surface area contributed by atoms with E-state index in [2.05, 4.69) is 18.8 Å². The Morgan fingerprint density at radius 2 is 2.00 bits per heavy atom. The molecule has 1 aromatic rings. The topological polar surface area (TPSA) is 39.2 Å². The van der Waals surface area contributed by atoms with Crippen molar-refractivity contribution in [3.63, 3.8) is 0 Å². The van der Waals surface area contributed by atoms with Crippen LogP contribution in [-0.4, -0.2) is 17.1 Å². The van der Waals surface area contributed by atoms with Gasteiger partial charge in [0.05, 0.1) is 11.1 Å². The molecule has 0 radical (unpaired) electrons. The predicted molar refractivity (Wildman–Crippen MR) is 68.6 cm³/mol. The van der Waals surface area contributed by atoms with Crippen LogP contribution < -0.4 is 0 Å². The first-order chi connectivity index (χ1) is 7.90. The molecule has 1 aromatic heterocycles. The molecule has 0 aliphatic rings. The predicted octanol–water partition coefficient (Wildman–Crippen LogP) is 3.98. The molecule has 0 fully saturated rings. The Hall–Kier alpha value is -0.800. The smallest absolute Gasteiger partial charge is 0.358 e. The van der Waals surface area contributed by atoms with E-state index in [1.165, 1.54) is 12.1 Å². The number of rotatable bonds is 4. The highest BCUT2D eigenvalue weighted by atomic mass is 35.5. The van der Waals surface area contributed by atoms with Gasteiger partial charge in [0.1, 0.15) is 5.15 Å². The maximum Gasteiger partial charge on any atom is 0.358 e. The maximum absolute atomic E-state index is 11.8. The summed E-state index contributed by atoms with van der Waals surface area (Å²) in [5, 5.41) is 0.467. The van der Waals surface area contributed by atoms with Crippen molar-refractivity contribution in [1.29, 1.82) is 0 Å². The Balaban J connectivity index is 2.73. The largest absolute Gasteiger partial charge is 0.458 e. The van der Waals surface area contributed by atoms with E-state index in [9.17, 15) is 4.79 Å². The van der Waals surface area contributed by atoms with Crippen LogP contribution in [0.5, 0.6) is 0 Å². The van der Waals surface area contributed by atoms with Gasteiger partial charge in [-0.3, -0.25) is 0 Å². The highest BCUT2D eigenvalue weighted by Gasteiger charge is 2.17. The van der Waals surface area contributed by atoms with Crippen LogP contribution >= 0.6 is 23.2 Å². The van der Waals surface area contributed by atoms with Crippen molar-refractivity contribution in [2.75, 3.05) is 0 Å². The number of pyridine rings is 1. The van der Waals surface area contributed by atoms with Crippen LogP contribution in [0.3, 0.4) is 0 Å². The first-order valence-corrected chi connectivity index (χ1v) is 6.18. The Morgan fingerprint density at radius 1 is 1.35 bits per heavy atom. The fourth-order valence-electron chi connectivity index (χ4n) is 1.51. The second-order valence-corrected chi connectivity index (χ2v) is 5.10. The number of nitrogens with zero attached hydrogens (tertiary/aromatic N) is 1. The molecule has 3 nitrogen and oxygen atoms in total. The number of carbonyl (C=O) groups is 1. The molecule has 0 aliphatic heterocycles. The lowest BCUT2D eigenvalue weighted by Gasteiger charge is -2.15. The maximum atomic E-state index is 11.8. The molecule has 0 N–H and O–H groups in total. The van der Waals surface area contributed by atoms with Gasteiger partial charge in [-0.2, -0.15) is 0 Å². The zero-order chi connectivity index (χ0) is 13.0. The standard InChI is InChI=1S/C12H15Cl2NO2/c1-7(2)6-8(3)17-12(16)11-9(13)4-5-10(14)15-11/h4-5,7-8H,6H2,1-3H3. The van der Waals surface area contributed by atoms with Crippen LogP contribution in [0.15, 0.2) is 12.1 Å². The molecule has 0 saturated heterocycles. The first-order valence-electron chi connectivity index (χ1n) is 5.43. The summed E-state index contributed by atoms with van der Waals surface area (Å²) in [6, 6.07) is 3.05. The van der Waals surface area contributed by atoms with Gasteiger partial charge in [0.15, 0.2) is 5.69 Å². The third-order valence-electron chi connectivity index (χ3n) is 2.12. The van der Waals surface area contributed by atoms with Crippen molar-refractivity contribution in [3.8, 4) is 0 Å². The summed E-state index contributed by atoms with van der Waals surface area (Å²) in [4.78, 5) is 15.6. The van der Waals surface area contributed by atoms with Crippen molar-refractivity contribution in [2.45, 2.75) is 33.3 Å². The number of halogens is 2. The molecule has 0 aliphatic carbocycles. The number of ether oxygens (including phenoxy) is 1. The highest BCUT2D eigenvalue weighted by Crippen LogP contribution is 2.19. The second kappa shape index (κ2) is 6.22. The molecule has 0 spiro atoms. The van der Waals surface area contributed by atoms with Gasteiger partial charge in [-0.05, 0) is 31.4 Å². The first kappa shape index (κ1) is 14.3. The van der Waals surface area contributed by atoms with Gasteiger partial charge < -0.3 is 4.74 Å². The van der Waals surface area contributed by atoms with E-state index in [0.717, 1.165) is 6.42 Å². The SMILES string of the molecule is CC(C)CC(C)OC(=O)c1nc(Cl)ccc1Cl. The summed E-state index contributed by atoms with van der Waals surface area (Å²) < 4.78 is 5.24. The van der Waals surface area contributed by atoms with E-state index >= 15 is 0 Å². The minimum atomic E-state index is -0.536. The van der Waals surface area contributed by atoms with Crippen LogP contribution in [0.1, 0.15) is 37.7 Å². The number of esters is 1. The fourth-order valence-corrected chi connectivity index (χ4v) is 1.84. The normalized spacial score (nSPS) is 12.6. The summed E-state index contributed by atoms with van der Waals surface area (Å²) in [6.45, 7) is 5.97. The zero-order valence-corrected chi connectivity index (χ0v) is 11.5. The number of hydrogen-bond acceptors (Lipinski definition) is 3. The summed E-state index contributed by atoms with van der Waals surface area (Å²) in [5.74, 6) is -0.0776. The molecular weight excluding hydrogens is 261 g/mol. The number of hydrogen-bond donors (Lipinski definition) is 0. The molecule has 0 bridgehead atoms. The molecule has 5 heteroatoms.